The van der Waals surface area contributed by atoms with Crippen LogP contribution in [0.4, 0.5) is 0 Å². The molecule has 1 saturated carbocycles. The molecule has 25 heavy (non-hydrogen) atoms. The number of rotatable bonds is 3. The molecule has 6 heteroatoms. The summed E-state index contributed by atoms with van der Waals surface area (Å²) in [4.78, 5) is 23.4. The van der Waals surface area contributed by atoms with Crippen molar-refractivity contribution in [2.24, 2.45) is 5.92 Å². The zero-order valence-electron chi connectivity index (χ0n) is 13.6. The van der Waals surface area contributed by atoms with Gasteiger partial charge >= 0.3 is 0 Å². The number of hydrogen-bond acceptors (Lipinski definition) is 5. The van der Waals surface area contributed by atoms with Crippen LogP contribution in [0.5, 0.6) is 5.88 Å². The molecule has 5 rings (SSSR count). The minimum absolute atomic E-state index is 0.0458. The Labute approximate surface area is 144 Å². The molecule has 1 aromatic carbocycles. The zero-order valence-corrected chi connectivity index (χ0v) is 13.6. The molecule has 126 valence electrons. The van der Waals surface area contributed by atoms with Gasteiger partial charge in [-0.05, 0) is 30.9 Å². The molecule has 0 unspecified atom stereocenters. The average molecular weight is 335 g/mol. The van der Waals surface area contributed by atoms with Crippen LogP contribution in [-0.2, 0) is 0 Å². The van der Waals surface area contributed by atoms with E-state index in [1.165, 1.54) is 12.8 Å². The van der Waals surface area contributed by atoms with Crippen molar-refractivity contribution in [1.29, 1.82) is 0 Å². The summed E-state index contributed by atoms with van der Waals surface area (Å²) in [6, 6.07) is 9.65. The lowest BCUT2D eigenvalue weighted by Gasteiger charge is -2.19. The van der Waals surface area contributed by atoms with E-state index in [-0.39, 0.29) is 5.91 Å². The third-order valence-electron chi connectivity index (χ3n) is 4.69. The lowest BCUT2D eigenvalue weighted by atomic mass is 10.2. The predicted molar refractivity (Wildman–Crippen MR) is 91.4 cm³/mol. The molecule has 0 saturated heterocycles. The summed E-state index contributed by atoms with van der Waals surface area (Å²) in [6.45, 7) is 1.83. The van der Waals surface area contributed by atoms with Crippen molar-refractivity contribution in [2.75, 3.05) is 19.7 Å². The quantitative estimate of drug-likeness (QED) is 0.735. The van der Waals surface area contributed by atoms with Gasteiger partial charge in [0.1, 0.15) is 17.8 Å². The Morgan fingerprint density at radius 1 is 1.24 bits per heavy atom. The van der Waals surface area contributed by atoms with Gasteiger partial charge in [0.25, 0.3) is 5.91 Å². The summed E-state index contributed by atoms with van der Waals surface area (Å²) in [7, 11) is 0. The fraction of sp³-hybridized carbons (Fsp3) is 0.316. The van der Waals surface area contributed by atoms with Gasteiger partial charge in [0.05, 0.1) is 6.54 Å². The predicted octanol–water partition coefficient (Wildman–Crippen LogP) is 3.13. The van der Waals surface area contributed by atoms with Gasteiger partial charge in [0.15, 0.2) is 11.6 Å². The molecule has 0 N–H and O–H groups in total. The Balaban J connectivity index is 1.50. The molecule has 1 fully saturated rings. The van der Waals surface area contributed by atoms with Crippen LogP contribution in [0.1, 0.15) is 23.2 Å². The minimum atomic E-state index is -0.0458. The molecular formula is C19H17N3O3. The zero-order chi connectivity index (χ0) is 16.8. The second-order valence-electron chi connectivity index (χ2n) is 6.60. The summed E-state index contributed by atoms with van der Waals surface area (Å²) >= 11 is 0. The van der Waals surface area contributed by atoms with E-state index in [1.807, 2.05) is 35.2 Å². The molecule has 1 aliphatic carbocycles. The molecule has 1 amide bonds. The van der Waals surface area contributed by atoms with E-state index in [0.29, 0.717) is 42.1 Å². The molecule has 3 heterocycles. The number of hydrogen-bond donors (Lipinski definition) is 0. The molecule has 6 nitrogen and oxygen atoms in total. The second kappa shape index (κ2) is 5.58. The number of aromatic nitrogens is 2. The van der Waals surface area contributed by atoms with Gasteiger partial charge in [0, 0.05) is 18.1 Å². The highest BCUT2D eigenvalue weighted by atomic mass is 16.5. The van der Waals surface area contributed by atoms with Gasteiger partial charge in [-0.25, -0.2) is 4.98 Å². The molecule has 2 aromatic heterocycles. The first kappa shape index (κ1) is 14.5. The molecule has 0 radical (unpaired) electrons. The number of furan rings is 1. The van der Waals surface area contributed by atoms with E-state index in [1.54, 1.807) is 6.20 Å². The number of ether oxygens (including phenoxy) is 1. The smallest absolute Gasteiger partial charge is 0.261 e. The van der Waals surface area contributed by atoms with Crippen molar-refractivity contribution < 1.29 is 13.9 Å². The molecule has 1 aliphatic heterocycles. The van der Waals surface area contributed by atoms with Crippen LogP contribution in [-0.4, -0.2) is 40.5 Å². The Kier molecular flexibility index (Phi) is 3.23. The first-order valence-electron chi connectivity index (χ1n) is 8.56. The van der Waals surface area contributed by atoms with E-state index in [4.69, 9.17) is 9.15 Å². The van der Waals surface area contributed by atoms with Crippen molar-refractivity contribution in [2.45, 2.75) is 12.8 Å². The number of amides is 1. The normalized spacial score (nSPS) is 17.3. The Morgan fingerprint density at radius 2 is 2.12 bits per heavy atom. The molecule has 0 bridgehead atoms. The molecule has 2 aliphatic rings. The maximum atomic E-state index is 12.7. The summed E-state index contributed by atoms with van der Waals surface area (Å²) in [6.07, 6.45) is 3.97. The summed E-state index contributed by atoms with van der Waals surface area (Å²) < 4.78 is 11.5. The van der Waals surface area contributed by atoms with Crippen LogP contribution in [0, 0.1) is 5.92 Å². The van der Waals surface area contributed by atoms with Crippen molar-refractivity contribution in [3.63, 3.8) is 0 Å². The Hall–Kier alpha value is -2.89. The number of nitrogens with zero attached hydrogens (tertiary/aromatic N) is 3. The van der Waals surface area contributed by atoms with Crippen molar-refractivity contribution in [1.82, 2.24) is 14.9 Å². The molecule has 3 aromatic rings. The highest BCUT2D eigenvalue weighted by Crippen LogP contribution is 2.32. The van der Waals surface area contributed by atoms with Crippen molar-refractivity contribution in [3.05, 3.63) is 42.1 Å². The maximum absolute atomic E-state index is 12.7. The fourth-order valence-electron chi connectivity index (χ4n) is 3.14. The van der Waals surface area contributed by atoms with E-state index in [9.17, 15) is 4.79 Å². The van der Waals surface area contributed by atoms with Crippen molar-refractivity contribution in [3.8, 4) is 17.5 Å². The first-order valence-corrected chi connectivity index (χ1v) is 8.56. The van der Waals surface area contributed by atoms with Gasteiger partial charge in [-0.3, -0.25) is 4.79 Å². The van der Waals surface area contributed by atoms with Crippen molar-refractivity contribution >= 4 is 16.9 Å². The Morgan fingerprint density at radius 3 is 2.96 bits per heavy atom. The summed E-state index contributed by atoms with van der Waals surface area (Å²) in [5.41, 5.74) is 1.21. The summed E-state index contributed by atoms with van der Waals surface area (Å²) in [5.74, 6) is 1.93. The molecular weight excluding hydrogens is 318 g/mol. The van der Waals surface area contributed by atoms with Crippen LogP contribution in [0.25, 0.3) is 22.6 Å². The number of carbonyl (C=O) groups is 1. The standard InChI is InChI=1S/C19H17N3O3/c23-19-14-10-20-17(16-9-13-3-1-2-4-15(13)25-16)21-18(14)24-8-7-22(19)11-12-5-6-12/h1-4,9-10,12H,5-8,11H2. The van der Waals surface area contributed by atoms with Crippen LogP contribution < -0.4 is 4.74 Å². The van der Waals surface area contributed by atoms with Crippen LogP contribution in [0.2, 0.25) is 0 Å². The van der Waals surface area contributed by atoms with E-state index < -0.39 is 0 Å². The highest BCUT2D eigenvalue weighted by molar-refractivity contribution is 5.96. The van der Waals surface area contributed by atoms with Gasteiger partial charge in [-0.15, -0.1) is 0 Å². The SMILES string of the molecule is O=C1c2cnc(-c3cc4ccccc4o3)nc2OCCN1CC1CC1. The first-order chi connectivity index (χ1) is 12.3. The van der Waals surface area contributed by atoms with Gasteiger partial charge in [-0.1, -0.05) is 18.2 Å². The minimum Gasteiger partial charge on any atom is -0.475 e. The largest absolute Gasteiger partial charge is 0.475 e. The third-order valence-corrected chi connectivity index (χ3v) is 4.69. The molecule has 0 atom stereocenters. The lowest BCUT2D eigenvalue weighted by molar-refractivity contribution is 0.0747. The number of para-hydroxylation sites is 1. The average Bonchev–Trinajstić information content (AvgIpc) is 3.37. The lowest BCUT2D eigenvalue weighted by Crippen LogP contribution is -2.34. The van der Waals surface area contributed by atoms with Crippen LogP contribution in [0.3, 0.4) is 0 Å². The number of fused-ring (bicyclic) bond motifs is 2. The maximum Gasteiger partial charge on any atom is 0.261 e. The fourth-order valence-corrected chi connectivity index (χ4v) is 3.14. The van der Waals surface area contributed by atoms with Crippen LogP contribution in [0.15, 0.2) is 40.9 Å². The topological polar surface area (TPSA) is 68.5 Å². The third kappa shape index (κ3) is 2.63. The van der Waals surface area contributed by atoms with Gasteiger partial charge in [0.2, 0.25) is 5.88 Å². The van der Waals surface area contributed by atoms with E-state index in [0.717, 1.165) is 17.5 Å². The van der Waals surface area contributed by atoms with Gasteiger partial charge in [-0.2, -0.15) is 4.98 Å². The van der Waals surface area contributed by atoms with E-state index in [2.05, 4.69) is 9.97 Å². The second-order valence-corrected chi connectivity index (χ2v) is 6.60. The molecule has 0 spiro atoms. The van der Waals surface area contributed by atoms with Gasteiger partial charge < -0.3 is 14.1 Å². The monoisotopic (exact) mass is 335 g/mol. The Bertz CT molecular complexity index is 928. The number of carbonyl (C=O) groups excluding carboxylic acids is 1. The van der Waals surface area contributed by atoms with E-state index >= 15 is 0 Å². The van der Waals surface area contributed by atoms with Crippen LogP contribution >= 0.6 is 0 Å². The summed E-state index contributed by atoms with van der Waals surface area (Å²) in [5, 5.41) is 0.989. The highest BCUT2D eigenvalue weighted by Gasteiger charge is 2.31. The number of benzene rings is 1.